The molecule has 9 heteroatoms. The lowest BCUT2D eigenvalue weighted by Gasteiger charge is -2.12. The fourth-order valence-electron chi connectivity index (χ4n) is 3.20. The van der Waals surface area contributed by atoms with E-state index in [0.29, 0.717) is 22.1 Å². The zero-order valence-corrected chi connectivity index (χ0v) is 21.7. The van der Waals surface area contributed by atoms with Gasteiger partial charge >= 0.3 is 0 Å². The lowest BCUT2D eigenvalue weighted by molar-refractivity contribution is -0.118. The number of benzene rings is 4. The van der Waals surface area contributed by atoms with Gasteiger partial charge in [0, 0.05) is 14.8 Å². The minimum Gasteiger partial charge on any atom is -0.484 e. The summed E-state index contributed by atoms with van der Waals surface area (Å²) in [5.74, 6) is 0.0418. The fraction of sp³-hybridized carbons (Fsp3) is 0.0741. The Bertz CT molecular complexity index is 1460. The summed E-state index contributed by atoms with van der Waals surface area (Å²) >= 11 is 7.63. The average Bonchev–Trinajstić information content (AvgIpc) is 2.87. The van der Waals surface area contributed by atoms with Crippen molar-refractivity contribution in [1.29, 1.82) is 0 Å². The Kier molecular flexibility index (Phi) is 8.20. The molecule has 0 aliphatic carbocycles. The highest BCUT2D eigenvalue weighted by Gasteiger charge is 2.15. The summed E-state index contributed by atoms with van der Waals surface area (Å²) in [5.41, 5.74) is 1.90. The van der Waals surface area contributed by atoms with E-state index in [1.165, 1.54) is 24.3 Å². The number of rotatable bonds is 9. The van der Waals surface area contributed by atoms with E-state index in [2.05, 4.69) is 10.0 Å². The highest BCUT2D eigenvalue weighted by atomic mass is 35.5. The van der Waals surface area contributed by atoms with Crippen LogP contribution in [0.2, 0.25) is 5.02 Å². The van der Waals surface area contributed by atoms with Crippen LogP contribution in [0.25, 0.3) is 0 Å². The third kappa shape index (κ3) is 6.81. The van der Waals surface area contributed by atoms with Crippen LogP contribution in [0.5, 0.6) is 5.75 Å². The first-order chi connectivity index (χ1) is 17.3. The van der Waals surface area contributed by atoms with Gasteiger partial charge in [0.2, 0.25) is 0 Å². The van der Waals surface area contributed by atoms with E-state index in [9.17, 15) is 13.2 Å². The summed E-state index contributed by atoms with van der Waals surface area (Å²) in [6, 6.07) is 28.2. The van der Waals surface area contributed by atoms with E-state index < -0.39 is 10.0 Å². The second-order valence-corrected chi connectivity index (χ2v) is 11.0. The molecule has 0 radical (unpaired) electrons. The monoisotopic (exact) mass is 538 g/mol. The minimum absolute atomic E-state index is 0.0582. The van der Waals surface area contributed by atoms with Crippen molar-refractivity contribution in [3.05, 3.63) is 108 Å². The number of ether oxygens (including phenoxy) is 1. The number of aryl methyl sites for hydroxylation is 1. The van der Waals surface area contributed by atoms with Gasteiger partial charge in [-0.05, 0) is 73.2 Å². The largest absolute Gasteiger partial charge is 0.484 e. The van der Waals surface area contributed by atoms with E-state index in [0.717, 1.165) is 15.4 Å². The van der Waals surface area contributed by atoms with Gasteiger partial charge in [0.1, 0.15) is 5.75 Å². The third-order valence-electron chi connectivity index (χ3n) is 5.06. The number of halogens is 1. The molecule has 2 N–H and O–H groups in total. The van der Waals surface area contributed by atoms with E-state index in [4.69, 9.17) is 16.3 Å². The maximum atomic E-state index is 12.7. The smallest absolute Gasteiger partial charge is 0.262 e. The third-order valence-corrected chi connectivity index (χ3v) is 7.95. The van der Waals surface area contributed by atoms with Crippen molar-refractivity contribution in [2.75, 3.05) is 16.6 Å². The van der Waals surface area contributed by atoms with Crippen LogP contribution in [0.15, 0.2) is 112 Å². The molecule has 0 bridgehead atoms. The summed E-state index contributed by atoms with van der Waals surface area (Å²) in [5, 5.41) is 3.34. The molecule has 0 spiro atoms. The van der Waals surface area contributed by atoms with E-state index in [-0.39, 0.29) is 17.4 Å². The van der Waals surface area contributed by atoms with Crippen LogP contribution in [0.4, 0.5) is 11.4 Å². The summed E-state index contributed by atoms with van der Waals surface area (Å²) in [7, 11) is -3.81. The molecule has 0 saturated heterocycles. The second-order valence-electron chi connectivity index (χ2n) is 7.79. The van der Waals surface area contributed by atoms with E-state index in [1.54, 1.807) is 30.0 Å². The highest BCUT2D eigenvalue weighted by Crippen LogP contribution is 2.33. The quantitative estimate of drug-likeness (QED) is 0.250. The van der Waals surface area contributed by atoms with Crippen LogP contribution in [0, 0.1) is 6.92 Å². The van der Waals surface area contributed by atoms with Crippen LogP contribution in [0.1, 0.15) is 5.56 Å². The molecule has 6 nitrogen and oxygen atoms in total. The number of sulfonamides is 1. The molecule has 184 valence electrons. The predicted octanol–water partition coefficient (Wildman–Crippen LogP) is 6.62. The first kappa shape index (κ1) is 25.6. The molecule has 0 aromatic heterocycles. The van der Waals surface area contributed by atoms with E-state index in [1.807, 2.05) is 61.5 Å². The van der Waals surface area contributed by atoms with Crippen LogP contribution in [-0.2, 0) is 14.8 Å². The summed E-state index contributed by atoms with van der Waals surface area (Å²) in [6.45, 7) is 1.61. The lowest BCUT2D eigenvalue weighted by Crippen LogP contribution is -2.20. The standard InChI is InChI=1S/C27H23ClN2O4S2/c1-19-11-12-20(17-24(19)28)30-36(32,33)23-15-13-21(14-16-23)34-18-27(31)29-25-9-5-6-10-26(25)35-22-7-3-2-4-8-22/h2-17,30H,18H2,1H3,(H,29,31). The Hall–Kier alpha value is -3.46. The van der Waals surface area contributed by atoms with Gasteiger partial charge in [0.05, 0.1) is 16.3 Å². The van der Waals surface area contributed by atoms with Crippen molar-refractivity contribution in [2.24, 2.45) is 0 Å². The zero-order chi connectivity index (χ0) is 25.5. The maximum Gasteiger partial charge on any atom is 0.262 e. The van der Waals surface area contributed by atoms with Gasteiger partial charge in [-0.15, -0.1) is 0 Å². The summed E-state index contributed by atoms with van der Waals surface area (Å²) in [6.07, 6.45) is 0. The number of hydrogen-bond donors (Lipinski definition) is 2. The Labute approximate surface area is 219 Å². The van der Waals surface area contributed by atoms with Gasteiger partial charge in [0.25, 0.3) is 15.9 Å². The molecule has 4 rings (SSSR count). The van der Waals surface area contributed by atoms with Gasteiger partial charge in [-0.2, -0.15) is 0 Å². The van der Waals surface area contributed by atoms with Crippen molar-refractivity contribution in [3.63, 3.8) is 0 Å². The molecular weight excluding hydrogens is 516 g/mol. The number of anilines is 2. The molecule has 0 aliphatic rings. The van der Waals surface area contributed by atoms with Gasteiger partial charge in [-0.25, -0.2) is 8.42 Å². The van der Waals surface area contributed by atoms with Crippen molar-refractivity contribution < 1.29 is 17.9 Å². The normalized spacial score (nSPS) is 11.1. The molecule has 1 amide bonds. The predicted molar refractivity (Wildman–Crippen MR) is 145 cm³/mol. The molecule has 4 aromatic rings. The number of carbonyl (C=O) groups is 1. The lowest BCUT2D eigenvalue weighted by atomic mass is 10.2. The van der Waals surface area contributed by atoms with Crippen molar-refractivity contribution in [1.82, 2.24) is 0 Å². The van der Waals surface area contributed by atoms with Gasteiger partial charge in [-0.3, -0.25) is 9.52 Å². The Morgan fingerprint density at radius 3 is 2.33 bits per heavy atom. The number of carbonyl (C=O) groups excluding carboxylic acids is 1. The fourth-order valence-corrected chi connectivity index (χ4v) is 5.35. The van der Waals surface area contributed by atoms with Crippen molar-refractivity contribution >= 4 is 50.7 Å². The Morgan fingerprint density at radius 1 is 0.917 bits per heavy atom. The van der Waals surface area contributed by atoms with Crippen LogP contribution in [-0.4, -0.2) is 20.9 Å². The molecule has 0 aliphatic heterocycles. The Balaban J connectivity index is 1.35. The van der Waals surface area contributed by atoms with Crippen molar-refractivity contribution in [3.8, 4) is 5.75 Å². The van der Waals surface area contributed by atoms with Gasteiger partial charge in [-0.1, -0.05) is 59.8 Å². The van der Waals surface area contributed by atoms with Crippen LogP contribution >= 0.6 is 23.4 Å². The number of hydrogen-bond acceptors (Lipinski definition) is 5. The molecule has 0 saturated carbocycles. The number of amides is 1. The van der Waals surface area contributed by atoms with Gasteiger partial charge < -0.3 is 10.1 Å². The Morgan fingerprint density at radius 2 is 1.61 bits per heavy atom. The maximum absolute atomic E-state index is 12.7. The first-order valence-electron chi connectivity index (χ1n) is 10.9. The van der Waals surface area contributed by atoms with Gasteiger partial charge in [0.15, 0.2) is 6.61 Å². The molecule has 4 aromatic carbocycles. The molecule has 0 unspecified atom stereocenters. The second kappa shape index (κ2) is 11.5. The summed E-state index contributed by atoms with van der Waals surface area (Å²) in [4.78, 5) is 14.5. The molecule has 0 heterocycles. The minimum atomic E-state index is -3.81. The zero-order valence-electron chi connectivity index (χ0n) is 19.3. The molecule has 0 fully saturated rings. The first-order valence-corrected chi connectivity index (χ1v) is 13.6. The summed E-state index contributed by atoms with van der Waals surface area (Å²) < 4.78 is 33.4. The number of nitrogens with one attached hydrogen (secondary N) is 2. The number of para-hydroxylation sites is 1. The topological polar surface area (TPSA) is 84.5 Å². The molecular formula is C27H23ClN2O4S2. The average molecular weight is 539 g/mol. The molecule has 36 heavy (non-hydrogen) atoms. The SMILES string of the molecule is Cc1ccc(NS(=O)(=O)c2ccc(OCC(=O)Nc3ccccc3Sc3ccccc3)cc2)cc1Cl. The van der Waals surface area contributed by atoms with E-state index >= 15 is 0 Å². The highest BCUT2D eigenvalue weighted by molar-refractivity contribution is 7.99. The van der Waals surface area contributed by atoms with Crippen LogP contribution in [0.3, 0.4) is 0 Å². The van der Waals surface area contributed by atoms with Crippen molar-refractivity contribution in [2.45, 2.75) is 21.6 Å². The molecule has 0 atom stereocenters. The van der Waals surface area contributed by atoms with Crippen LogP contribution < -0.4 is 14.8 Å².